The van der Waals surface area contributed by atoms with E-state index in [0.717, 1.165) is 36.2 Å². The lowest BCUT2D eigenvalue weighted by molar-refractivity contribution is -0.143. The number of halogens is 3. The first kappa shape index (κ1) is 35.1. The van der Waals surface area contributed by atoms with E-state index in [1.165, 1.54) is 25.7 Å². The fourth-order valence-electron chi connectivity index (χ4n) is 5.80. The van der Waals surface area contributed by atoms with Crippen LogP contribution in [-0.4, -0.2) is 31.7 Å². The van der Waals surface area contributed by atoms with Crippen LogP contribution in [0.25, 0.3) is 0 Å². The van der Waals surface area contributed by atoms with Gasteiger partial charge in [0.25, 0.3) is 0 Å². The highest BCUT2D eigenvalue weighted by Crippen LogP contribution is 2.39. The number of nitrogens with one attached hydrogen (secondary N) is 2. The average molecular weight is 720 g/mol. The van der Waals surface area contributed by atoms with Gasteiger partial charge in [-0.2, -0.15) is 0 Å². The van der Waals surface area contributed by atoms with Crippen molar-refractivity contribution in [1.29, 1.82) is 0 Å². The third kappa shape index (κ3) is 10.1. The van der Waals surface area contributed by atoms with Crippen LogP contribution in [0.5, 0.6) is 0 Å². The first-order valence-corrected chi connectivity index (χ1v) is 17.3. The van der Waals surface area contributed by atoms with E-state index in [0.29, 0.717) is 50.2 Å². The summed E-state index contributed by atoms with van der Waals surface area (Å²) < 4.78 is 11.7. The quantitative estimate of drug-likeness (QED) is 0.0661. The molecule has 0 bridgehead atoms. The van der Waals surface area contributed by atoms with E-state index in [1.807, 2.05) is 30.3 Å². The summed E-state index contributed by atoms with van der Waals surface area (Å²) in [5.41, 5.74) is 10.7. The molecule has 0 saturated heterocycles. The molecule has 3 aromatic rings. The van der Waals surface area contributed by atoms with E-state index >= 15 is 0 Å². The van der Waals surface area contributed by atoms with Crippen LogP contribution in [-0.2, 0) is 20.7 Å². The minimum atomic E-state index is -0.396. The molecule has 242 valence electrons. The maximum Gasteiger partial charge on any atom is 0.338 e. The number of esters is 2. The Kier molecular flexibility index (Phi) is 13.9. The molecule has 1 aliphatic rings. The Labute approximate surface area is 284 Å². The molecule has 0 radical (unpaired) electrons. The van der Waals surface area contributed by atoms with Crippen molar-refractivity contribution in [2.24, 2.45) is 5.92 Å². The normalized spacial score (nSPS) is 14.4. The number of para-hydroxylation sites is 2. The average Bonchev–Trinajstić information content (AvgIpc) is 3.31. The molecule has 0 aromatic heterocycles. The largest absolute Gasteiger partial charge is 0.465 e. The summed E-state index contributed by atoms with van der Waals surface area (Å²) >= 11 is 16.2. The molecular weight excluding hydrogens is 677 g/mol. The van der Waals surface area contributed by atoms with Crippen LogP contribution in [0.2, 0.25) is 10.0 Å². The number of ether oxygens (including phenoxy) is 2. The monoisotopic (exact) mass is 717 g/mol. The number of carbonyl (C=O) groups excluding carboxylic acids is 2. The fourth-order valence-corrected chi connectivity index (χ4v) is 6.77. The number of unbranched alkanes of at least 4 members (excludes halogenated alkanes) is 1. The number of nitrogens with two attached hydrogens (primary N) is 1. The molecule has 0 aliphatic heterocycles. The van der Waals surface area contributed by atoms with Gasteiger partial charge >= 0.3 is 11.9 Å². The van der Waals surface area contributed by atoms with Gasteiger partial charge in [-0.25, -0.2) is 4.79 Å². The van der Waals surface area contributed by atoms with Crippen LogP contribution in [0, 0.1) is 5.92 Å². The van der Waals surface area contributed by atoms with E-state index in [-0.39, 0.29) is 31.6 Å². The maximum absolute atomic E-state index is 13.0. The first-order chi connectivity index (χ1) is 21.8. The van der Waals surface area contributed by atoms with Crippen LogP contribution in [0.3, 0.4) is 0 Å². The topological polar surface area (TPSA) is 103 Å². The minimum Gasteiger partial charge on any atom is -0.465 e. The zero-order valence-electron chi connectivity index (χ0n) is 25.7. The van der Waals surface area contributed by atoms with Gasteiger partial charge in [0, 0.05) is 16.2 Å². The zero-order chi connectivity index (χ0) is 32.2. The molecule has 0 amide bonds. The number of benzene rings is 3. The molecule has 1 atom stereocenters. The minimum absolute atomic E-state index is 0.0866. The van der Waals surface area contributed by atoms with Crippen LogP contribution < -0.4 is 16.4 Å². The van der Waals surface area contributed by atoms with E-state index in [9.17, 15) is 9.59 Å². The van der Waals surface area contributed by atoms with Crippen molar-refractivity contribution < 1.29 is 19.1 Å². The van der Waals surface area contributed by atoms with Crippen molar-refractivity contribution in [2.45, 2.75) is 70.8 Å². The molecule has 45 heavy (non-hydrogen) atoms. The summed E-state index contributed by atoms with van der Waals surface area (Å²) in [4.78, 5) is 25.6. The predicted molar refractivity (Wildman–Crippen MR) is 187 cm³/mol. The van der Waals surface area contributed by atoms with Crippen molar-refractivity contribution in [3.63, 3.8) is 0 Å². The third-order valence-corrected chi connectivity index (χ3v) is 9.42. The van der Waals surface area contributed by atoms with Gasteiger partial charge in [0.05, 0.1) is 46.6 Å². The van der Waals surface area contributed by atoms with Gasteiger partial charge in [-0.3, -0.25) is 4.79 Å². The number of nitrogen functional groups attached to an aromatic ring is 1. The summed E-state index contributed by atoms with van der Waals surface area (Å²) in [6.45, 7) is 3.36. The second-order valence-corrected chi connectivity index (χ2v) is 13.0. The lowest BCUT2D eigenvalue weighted by atomic mass is 9.85. The Balaban J connectivity index is 1.25. The molecule has 4 rings (SSSR count). The third-order valence-electron chi connectivity index (χ3n) is 8.14. The highest BCUT2D eigenvalue weighted by atomic mass is 79.9. The number of rotatable bonds is 14. The number of carbonyl (C=O) groups is 2. The Hall–Kier alpha value is -2.78. The highest BCUT2D eigenvalue weighted by molar-refractivity contribution is 9.10. The van der Waals surface area contributed by atoms with E-state index in [1.54, 1.807) is 24.3 Å². The number of hydrogen-bond acceptors (Lipinski definition) is 7. The summed E-state index contributed by atoms with van der Waals surface area (Å²) in [7, 11) is 0. The van der Waals surface area contributed by atoms with Gasteiger partial charge in [-0.05, 0) is 95.5 Å². The number of hydrogen-bond donors (Lipinski definition) is 3. The standard InChI is InChI=1S/C35H42BrCl2N3O4/c1-2-40-33(23-12-5-3-4-6-13-23)26-20-25(21-27(36)32(26)39)35(43)45-19-10-9-18-44-31(42)22-24-14-7-8-17-30(24)41-34-28(37)15-11-16-29(34)38/h7-8,11,14-17,20-21,23,33,40-41H,2-6,9-10,12-13,18-19,22,39H2,1H3. The molecule has 0 heterocycles. The SMILES string of the molecule is CCNC(c1cc(C(=O)OCCCCOC(=O)Cc2ccccc2Nc2c(Cl)cccc2Cl)cc(Br)c1N)C1CCCCCC1. The Bertz CT molecular complexity index is 1430. The van der Waals surface area contributed by atoms with Gasteiger partial charge in [-0.15, -0.1) is 0 Å². The summed E-state index contributed by atoms with van der Waals surface area (Å²) in [5.74, 6) is -0.274. The molecule has 7 nitrogen and oxygen atoms in total. The van der Waals surface area contributed by atoms with Crippen molar-refractivity contribution in [1.82, 2.24) is 5.32 Å². The summed E-state index contributed by atoms with van der Waals surface area (Å²) in [6, 6.07) is 16.4. The molecule has 1 saturated carbocycles. The number of anilines is 3. The van der Waals surface area contributed by atoms with E-state index in [4.69, 9.17) is 38.4 Å². The summed E-state index contributed by atoms with van der Waals surface area (Å²) in [5, 5.41) is 7.83. The van der Waals surface area contributed by atoms with Crippen LogP contribution >= 0.6 is 39.1 Å². The highest BCUT2D eigenvalue weighted by Gasteiger charge is 2.27. The zero-order valence-corrected chi connectivity index (χ0v) is 28.8. The van der Waals surface area contributed by atoms with Crippen molar-refractivity contribution in [3.05, 3.63) is 85.8 Å². The fraction of sp³-hybridized carbons (Fsp3) is 0.429. The Morgan fingerprint density at radius 1 is 0.956 bits per heavy atom. The lowest BCUT2D eigenvalue weighted by Gasteiger charge is -2.29. The smallest absolute Gasteiger partial charge is 0.338 e. The molecule has 1 fully saturated rings. The second kappa shape index (κ2) is 17.8. The van der Waals surface area contributed by atoms with Gasteiger partial charge in [0.15, 0.2) is 0 Å². The lowest BCUT2D eigenvalue weighted by Crippen LogP contribution is -2.29. The molecule has 3 aromatic carbocycles. The van der Waals surface area contributed by atoms with Gasteiger partial charge in [0.1, 0.15) is 0 Å². The molecule has 1 aliphatic carbocycles. The van der Waals surface area contributed by atoms with E-state index in [2.05, 4.69) is 33.5 Å². The molecular formula is C35H42BrCl2N3O4. The van der Waals surface area contributed by atoms with Gasteiger partial charge < -0.3 is 25.8 Å². The Morgan fingerprint density at radius 2 is 1.62 bits per heavy atom. The Morgan fingerprint density at radius 3 is 2.31 bits per heavy atom. The maximum atomic E-state index is 13.0. The van der Waals surface area contributed by atoms with Gasteiger partial charge in [0.2, 0.25) is 0 Å². The van der Waals surface area contributed by atoms with Crippen LogP contribution in [0.15, 0.2) is 59.1 Å². The van der Waals surface area contributed by atoms with Crippen molar-refractivity contribution >= 4 is 68.1 Å². The van der Waals surface area contributed by atoms with Gasteiger partial charge in [-0.1, -0.05) is 80.1 Å². The molecule has 0 spiro atoms. The van der Waals surface area contributed by atoms with Crippen LogP contribution in [0.4, 0.5) is 17.1 Å². The molecule has 4 N–H and O–H groups in total. The first-order valence-electron chi connectivity index (χ1n) is 15.7. The predicted octanol–water partition coefficient (Wildman–Crippen LogP) is 9.43. The van der Waals surface area contributed by atoms with E-state index < -0.39 is 5.97 Å². The van der Waals surface area contributed by atoms with Crippen molar-refractivity contribution in [2.75, 3.05) is 30.8 Å². The van der Waals surface area contributed by atoms with Crippen LogP contribution in [0.1, 0.15) is 85.8 Å². The van der Waals surface area contributed by atoms with Crippen molar-refractivity contribution in [3.8, 4) is 0 Å². The second-order valence-electron chi connectivity index (χ2n) is 11.4. The summed E-state index contributed by atoms with van der Waals surface area (Å²) in [6.07, 6.45) is 8.48. The molecule has 1 unspecified atom stereocenters. The molecule has 10 heteroatoms.